The van der Waals surface area contributed by atoms with Gasteiger partial charge in [0.05, 0.1) is 0 Å². The highest BCUT2D eigenvalue weighted by atomic mass is 16.5. The zero-order chi connectivity index (χ0) is 13.0. The normalized spacial score (nSPS) is 30.6. The highest BCUT2D eigenvalue weighted by molar-refractivity contribution is 5.75. The van der Waals surface area contributed by atoms with Crippen LogP contribution in [0.15, 0.2) is 0 Å². The van der Waals surface area contributed by atoms with Gasteiger partial charge < -0.3 is 4.74 Å². The first kappa shape index (κ1) is 13.8. The first-order valence-corrected chi connectivity index (χ1v) is 7.26. The summed E-state index contributed by atoms with van der Waals surface area (Å²) in [6.07, 6.45) is 4.71. The van der Waals surface area contributed by atoms with E-state index in [-0.39, 0.29) is 12.0 Å². The smallest absolute Gasteiger partial charge is 0.323 e. The third-order valence-corrected chi connectivity index (χ3v) is 4.25. The van der Waals surface area contributed by atoms with Gasteiger partial charge in [-0.3, -0.25) is 14.6 Å². The molecule has 0 spiro atoms. The van der Waals surface area contributed by atoms with Crippen molar-refractivity contribution in [3.63, 3.8) is 0 Å². The largest absolute Gasteiger partial charge is 0.463 e. The Bertz CT molecular complexity index is 277. The molecule has 2 heterocycles. The van der Waals surface area contributed by atoms with E-state index in [0.29, 0.717) is 12.5 Å². The van der Waals surface area contributed by atoms with E-state index in [1.165, 1.54) is 19.3 Å². The second-order valence-electron chi connectivity index (χ2n) is 5.84. The molecule has 2 atom stereocenters. The average molecular weight is 254 g/mol. The number of hydrogen-bond donors (Lipinski definition) is 0. The molecule has 2 aliphatic rings. The van der Waals surface area contributed by atoms with Crippen LogP contribution >= 0.6 is 0 Å². The van der Waals surface area contributed by atoms with Crippen LogP contribution in [0.1, 0.15) is 32.6 Å². The standard InChI is InChI=1S/C14H26N2O2/c1-12-5-8-15(2)13(11-12)14(17)18-10-9-16-6-3-4-7-16/h12-13H,3-11H2,1-2H3. The Morgan fingerprint density at radius 1 is 1.28 bits per heavy atom. The Morgan fingerprint density at radius 3 is 2.72 bits per heavy atom. The molecule has 0 aromatic heterocycles. The molecule has 0 aromatic rings. The predicted molar refractivity (Wildman–Crippen MR) is 71.4 cm³/mol. The lowest BCUT2D eigenvalue weighted by Crippen LogP contribution is -2.45. The zero-order valence-electron chi connectivity index (χ0n) is 11.7. The van der Waals surface area contributed by atoms with Crippen molar-refractivity contribution in [2.75, 3.05) is 39.8 Å². The molecule has 0 aromatic carbocycles. The maximum Gasteiger partial charge on any atom is 0.323 e. The number of esters is 1. The summed E-state index contributed by atoms with van der Waals surface area (Å²) in [5.74, 6) is 0.612. The third-order valence-electron chi connectivity index (χ3n) is 4.25. The molecule has 4 heteroatoms. The number of likely N-dealkylation sites (tertiary alicyclic amines) is 2. The number of carbonyl (C=O) groups is 1. The van der Waals surface area contributed by atoms with Crippen molar-refractivity contribution < 1.29 is 9.53 Å². The van der Waals surface area contributed by atoms with E-state index in [4.69, 9.17) is 4.74 Å². The van der Waals surface area contributed by atoms with Crippen molar-refractivity contribution in [2.45, 2.75) is 38.6 Å². The lowest BCUT2D eigenvalue weighted by atomic mass is 9.93. The van der Waals surface area contributed by atoms with Crippen molar-refractivity contribution >= 4 is 5.97 Å². The van der Waals surface area contributed by atoms with Crippen molar-refractivity contribution in [3.8, 4) is 0 Å². The number of carbonyl (C=O) groups excluding carboxylic acids is 1. The molecule has 0 radical (unpaired) electrons. The summed E-state index contributed by atoms with van der Waals surface area (Å²) in [5.41, 5.74) is 0. The monoisotopic (exact) mass is 254 g/mol. The van der Waals surface area contributed by atoms with Crippen LogP contribution in [-0.2, 0) is 9.53 Å². The molecule has 0 amide bonds. The van der Waals surface area contributed by atoms with Crippen molar-refractivity contribution in [3.05, 3.63) is 0 Å². The molecule has 2 saturated heterocycles. The molecule has 104 valence electrons. The number of nitrogens with zero attached hydrogens (tertiary/aromatic N) is 2. The Kier molecular flexibility index (Phi) is 5.01. The van der Waals surface area contributed by atoms with Crippen LogP contribution in [0.2, 0.25) is 0 Å². The molecule has 2 aliphatic heterocycles. The van der Waals surface area contributed by atoms with E-state index in [0.717, 1.165) is 32.6 Å². The molecule has 0 saturated carbocycles. The highest BCUT2D eigenvalue weighted by Crippen LogP contribution is 2.21. The quantitative estimate of drug-likeness (QED) is 0.709. The van der Waals surface area contributed by atoms with Gasteiger partial charge in [-0.2, -0.15) is 0 Å². The number of likely N-dealkylation sites (N-methyl/N-ethyl adjacent to an activating group) is 1. The molecule has 2 rings (SSSR count). The third kappa shape index (κ3) is 3.69. The van der Waals surface area contributed by atoms with E-state index < -0.39 is 0 Å². The summed E-state index contributed by atoms with van der Waals surface area (Å²) >= 11 is 0. The molecule has 0 N–H and O–H groups in total. The van der Waals surface area contributed by atoms with Crippen LogP contribution in [-0.4, -0.2) is 61.6 Å². The van der Waals surface area contributed by atoms with Gasteiger partial charge in [0.1, 0.15) is 12.6 Å². The van der Waals surface area contributed by atoms with Crippen LogP contribution in [0.5, 0.6) is 0 Å². The molecule has 4 nitrogen and oxygen atoms in total. The van der Waals surface area contributed by atoms with Gasteiger partial charge in [0.25, 0.3) is 0 Å². The lowest BCUT2D eigenvalue weighted by molar-refractivity contribution is -0.151. The fourth-order valence-corrected chi connectivity index (χ4v) is 2.91. The Labute approximate surface area is 110 Å². The summed E-state index contributed by atoms with van der Waals surface area (Å²) in [7, 11) is 2.03. The minimum absolute atomic E-state index is 0.0210. The topological polar surface area (TPSA) is 32.8 Å². The molecule has 0 bridgehead atoms. The first-order valence-electron chi connectivity index (χ1n) is 7.26. The van der Waals surface area contributed by atoms with Crippen LogP contribution in [0.4, 0.5) is 0 Å². The average Bonchev–Trinajstić information content (AvgIpc) is 2.85. The summed E-state index contributed by atoms with van der Waals surface area (Å²) < 4.78 is 5.44. The van der Waals surface area contributed by atoms with E-state index in [1.54, 1.807) is 0 Å². The minimum atomic E-state index is -0.0248. The molecular weight excluding hydrogens is 228 g/mol. The minimum Gasteiger partial charge on any atom is -0.463 e. The predicted octanol–water partition coefficient (Wildman–Crippen LogP) is 1.36. The summed E-state index contributed by atoms with van der Waals surface area (Å²) in [6, 6.07) is -0.0210. The lowest BCUT2D eigenvalue weighted by Gasteiger charge is -2.34. The zero-order valence-corrected chi connectivity index (χ0v) is 11.7. The van der Waals surface area contributed by atoms with Gasteiger partial charge in [-0.25, -0.2) is 0 Å². The number of piperidine rings is 1. The van der Waals surface area contributed by atoms with Gasteiger partial charge in [0.15, 0.2) is 0 Å². The molecule has 18 heavy (non-hydrogen) atoms. The first-order chi connectivity index (χ1) is 8.66. The SMILES string of the molecule is CC1CCN(C)C(C(=O)OCCN2CCCC2)C1. The highest BCUT2D eigenvalue weighted by Gasteiger charge is 2.30. The second kappa shape index (κ2) is 6.53. The maximum absolute atomic E-state index is 12.0. The van der Waals surface area contributed by atoms with Gasteiger partial charge in [-0.15, -0.1) is 0 Å². The summed E-state index contributed by atoms with van der Waals surface area (Å²) in [5, 5.41) is 0. The fraction of sp³-hybridized carbons (Fsp3) is 0.929. The molecule has 2 unspecified atom stereocenters. The van der Waals surface area contributed by atoms with E-state index >= 15 is 0 Å². The fourth-order valence-electron chi connectivity index (χ4n) is 2.91. The van der Waals surface area contributed by atoms with Crippen molar-refractivity contribution in [1.82, 2.24) is 9.80 Å². The number of rotatable bonds is 4. The van der Waals surface area contributed by atoms with Crippen molar-refractivity contribution in [2.24, 2.45) is 5.92 Å². The van der Waals surface area contributed by atoms with Crippen LogP contribution in [0.3, 0.4) is 0 Å². The van der Waals surface area contributed by atoms with Gasteiger partial charge in [-0.1, -0.05) is 6.92 Å². The van der Waals surface area contributed by atoms with Gasteiger partial charge in [0, 0.05) is 6.54 Å². The van der Waals surface area contributed by atoms with E-state index in [9.17, 15) is 4.79 Å². The van der Waals surface area contributed by atoms with Crippen LogP contribution in [0, 0.1) is 5.92 Å². The van der Waals surface area contributed by atoms with Crippen molar-refractivity contribution in [1.29, 1.82) is 0 Å². The Balaban J connectivity index is 1.69. The molecule has 0 aliphatic carbocycles. The summed E-state index contributed by atoms with van der Waals surface area (Å²) in [4.78, 5) is 16.6. The molecule has 2 fully saturated rings. The number of hydrogen-bond acceptors (Lipinski definition) is 4. The number of ether oxygens (including phenoxy) is 1. The van der Waals surface area contributed by atoms with Crippen LogP contribution < -0.4 is 0 Å². The Morgan fingerprint density at radius 2 is 2.00 bits per heavy atom. The van der Waals surface area contributed by atoms with Gasteiger partial charge in [0.2, 0.25) is 0 Å². The maximum atomic E-state index is 12.0. The van der Waals surface area contributed by atoms with Gasteiger partial charge in [-0.05, 0) is 58.3 Å². The van der Waals surface area contributed by atoms with Crippen LogP contribution in [0.25, 0.3) is 0 Å². The van der Waals surface area contributed by atoms with E-state index in [2.05, 4.69) is 16.7 Å². The Hall–Kier alpha value is -0.610. The molecular formula is C14H26N2O2. The second-order valence-corrected chi connectivity index (χ2v) is 5.84. The summed E-state index contributed by atoms with van der Waals surface area (Å²) in [6.45, 7) is 7.01. The van der Waals surface area contributed by atoms with Gasteiger partial charge >= 0.3 is 5.97 Å². The van der Waals surface area contributed by atoms with E-state index in [1.807, 2.05) is 7.05 Å².